The van der Waals surface area contributed by atoms with E-state index in [1.165, 1.54) is 18.3 Å². The maximum atomic E-state index is 13.5. The number of halogens is 2. The van der Waals surface area contributed by atoms with Crippen LogP contribution in [0, 0.1) is 11.6 Å². The lowest BCUT2D eigenvalue weighted by atomic mass is 10.0. The third-order valence-electron chi connectivity index (χ3n) is 3.18. The van der Waals surface area contributed by atoms with Crippen molar-refractivity contribution in [2.45, 2.75) is 18.3 Å². The summed E-state index contributed by atoms with van der Waals surface area (Å²) in [5, 5.41) is 13.7. The summed E-state index contributed by atoms with van der Waals surface area (Å²) in [7, 11) is -3.99. The molecule has 22 heavy (non-hydrogen) atoms. The van der Waals surface area contributed by atoms with Crippen molar-refractivity contribution >= 4 is 21.4 Å². The molecule has 0 radical (unpaired) electrons. The number of rotatable bonds is 6. The van der Waals surface area contributed by atoms with Crippen LogP contribution >= 0.6 is 11.3 Å². The molecule has 0 amide bonds. The molecule has 2 aromatic rings. The quantitative estimate of drug-likeness (QED) is 0.843. The van der Waals surface area contributed by atoms with E-state index in [9.17, 15) is 22.3 Å². The van der Waals surface area contributed by atoms with Gasteiger partial charge in [-0.05, 0) is 41.4 Å². The second-order valence-corrected chi connectivity index (χ2v) is 7.65. The maximum absolute atomic E-state index is 13.5. The van der Waals surface area contributed by atoms with Gasteiger partial charge >= 0.3 is 0 Å². The van der Waals surface area contributed by atoms with Crippen molar-refractivity contribution in [3.8, 4) is 0 Å². The van der Waals surface area contributed by atoms with Crippen LogP contribution in [0.5, 0.6) is 0 Å². The molecule has 1 unspecified atom stereocenters. The number of benzene rings is 1. The molecule has 0 aliphatic rings. The van der Waals surface area contributed by atoms with Gasteiger partial charge in [0.25, 0.3) is 0 Å². The molecule has 1 atom stereocenters. The minimum atomic E-state index is -3.99. The summed E-state index contributed by atoms with van der Waals surface area (Å²) in [4.78, 5) is 0. The Kier molecular flexibility index (Phi) is 4.96. The Morgan fingerprint density at radius 1 is 1.27 bits per heavy atom. The minimum absolute atomic E-state index is 0.290. The van der Waals surface area contributed by atoms with Crippen LogP contribution in [0.25, 0.3) is 0 Å². The molecule has 1 aromatic heterocycles. The highest BCUT2D eigenvalue weighted by Crippen LogP contribution is 2.22. The molecule has 1 heterocycles. The minimum Gasteiger partial charge on any atom is -0.384 e. The van der Waals surface area contributed by atoms with Crippen molar-refractivity contribution in [2.75, 3.05) is 6.54 Å². The van der Waals surface area contributed by atoms with Crippen LogP contribution in [-0.2, 0) is 21.4 Å². The van der Waals surface area contributed by atoms with E-state index in [1.807, 2.05) is 0 Å². The van der Waals surface area contributed by atoms with Gasteiger partial charge < -0.3 is 5.11 Å². The fraction of sp³-hybridized carbons (Fsp3) is 0.286. The van der Waals surface area contributed by atoms with Gasteiger partial charge in [0.05, 0.1) is 5.75 Å². The molecule has 0 spiro atoms. The smallest absolute Gasteiger partial charge is 0.216 e. The molecule has 0 aliphatic carbocycles. The summed E-state index contributed by atoms with van der Waals surface area (Å²) in [6, 6.07) is 4.83. The van der Waals surface area contributed by atoms with E-state index in [2.05, 4.69) is 4.72 Å². The molecule has 120 valence electrons. The number of sulfonamides is 1. The third-order valence-corrected chi connectivity index (χ3v) is 5.11. The van der Waals surface area contributed by atoms with Gasteiger partial charge in [0.2, 0.25) is 10.0 Å². The normalized spacial score (nSPS) is 14.7. The van der Waals surface area contributed by atoms with Crippen LogP contribution in [0.2, 0.25) is 0 Å². The van der Waals surface area contributed by atoms with Gasteiger partial charge in [-0.25, -0.2) is 21.9 Å². The molecule has 1 aromatic carbocycles. The largest absolute Gasteiger partial charge is 0.384 e. The molecular formula is C14H15F2NO3S2. The predicted octanol–water partition coefficient (Wildman–Crippen LogP) is 2.35. The van der Waals surface area contributed by atoms with E-state index in [0.717, 1.165) is 18.2 Å². The fourth-order valence-electron chi connectivity index (χ4n) is 1.83. The molecule has 0 fully saturated rings. The summed E-state index contributed by atoms with van der Waals surface area (Å²) in [6.45, 7) is 1.17. The zero-order chi connectivity index (χ0) is 16.4. The molecule has 4 nitrogen and oxygen atoms in total. The second kappa shape index (κ2) is 6.41. The fourth-order valence-corrected chi connectivity index (χ4v) is 3.88. The Balaban J connectivity index is 2.09. The van der Waals surface area contributed by atoms with Gasteiger partial charge in [-0.1, -0.05) is 6.07 Å². The van der Waals surface area contributed by atoms with Crippen LogP contribution in [-0.4, -0.2) is 20.1 Å². The Morgan fingerprint density at radius 2 is 1.91 bits per heavy atom. The molecule has 2 N–H and O–H groups in total. The number of hydrogen-bond donors (Lipinski definition) is 2. The summed E-state index contributed by atoms with van der Waals surface area (Å²) in [5.41, 5.74) is -1.36. The lowest BCUT2D eigenvalue weighted by Crippen LogP contribution is -2.39. The SMILES string of the molecule is CC(O)(CNS(=O)(=O)Cc1c(F)cccc1F)c1ccsc1. The molecule has 8 heteroatoms. The van der Waals surface area contributed by atoms with Crippen molar-refractivity contribution in [1.29, 1.82) is 0 Å². The lowest BCUT2D eigenvalue weighted by Gasteiger charge is -2.22. The van der Waals surface area contributed by atoms with Crippen LogP contribution < -0.4 is 4.72 Å². The first kappa shape index (κ1) is 17.0. The van der Waals surface area contributed by atoms with Crippen molar-refractivity contribution < 1.29 is 22.3 Å². The van der Waals surface area contributed by atoms with E-state index in [0.29, 0.717) is 5.56 Å². The number of hydrogen-bond acceptors (Lipinski definition) is 4. The average Bonchev–Trinajstić information content (AvgIpc) is 2.96. The second-order valence-electron chi connectivity index (χ2n) is 5.07. The van der Waals surface area contributed by atoms with Crippen molar-refractivity contribution in [3.05, 3.63) is 57.8 Å². The molecule has 0 saturated heterocycles. The van der Waals surface area contributed by atoms with Gasteiger partial charge in [-0.2, -0.15) is 11.3 Å². The van der Waals surface area contributed by atoms with Gasteiger partial charge in [0, 0.05) is 12.1 Å². The summed E-state index contributed by atoms with van der Waals surface area (Å²) < 4.78 is 53.1. The van der Waals surface area contributed by atoms with Crippen LogP contribution in [0.3, 0.4) is 0 Å². The zero-order valence-electron chi connectivity index (χ0n) is 11.7. The van der Waals surface area contributed by atoms with Crippen LogP contribution in [0.4, 0.5) is 8.78 Å². The highest BCUT2D eigenvalue weighted by molar-refractivity contribution is 7.88. The molecular weight excluding hydrogens is 332 g/mol. The van der Waals surface area contributed by atoms with E-state index >= 15 is 0 Å². The van der Waals surface area contributed by atoms with E-state index < -0.39 is 38.6 Å². The third kappa shape index (κ3) is 4.10. The average molecular weight is 347 g/mol. The topological polar surface area (TPSA) is 66.4 Å². The first-order valence-electron chi connectivity index (χ1n) is 6.36. The standard InChI is InChI=1S/C14H15F2NO3S2/c1-14(18,10-5-6-21-7-10)9-17-22(19,20)8-11-12(15)3-2-4-13(11)16/h2-7,17-18H,8-9H2,1H3. The highest BCUT2D eigenvalue weighted by atomic mass is 32.2. The van der Waals surface area contributed by atoms with Gasteiger partial charge in [-0.3, -0.25) is 0 Å². The Labute approximate surface area is 131 Å². The Morgan fingerprint density at radius 3 is 2.45 bits per heavy atom. The van der Waals surface area contributed by atoms with Crippen LogP contribution in [0.1, 0.15) is 18.1 Å². The predicted molar refractivity (Wildman–Crippen MR) is 80.9 cm³/mol. The van der Waals surface area contributed by atoms with E-state index in [-0.39, 0.29) is 6.54 Å². The van der Waals surface area contributed by atoms with Crippen LogP contribution in [0.15, 0.2) is 35.0 Å². The van der Waals surface area contributed by atoms with Gasteiger partial charge in [0.15, 0.2) is 0 Å². The number of aliphatic hydroxyl groups is 1. The zero-order valence-corrected chi connectivity index (χ0v) is 13.3. The molecule has 0 saturated carbocycles. The molecule has 0 bridgehead atoms. The first-order chi connectivity index (χ1) is 10.2. The van der Waals surface area contributed by atoms with Crippen molar-refractivity contribution in [1.82, 2.24) is 4.72 Å². The summed E-state index contributed by atoms with van der Waals surface area (Å²) >= 11 is 1.37. The number of thiophene rings is 1. The molecule has 0 aliphatic heterocycles. The lowest BCUT2D eigenvalue weighted by molar-refractivity contribution is 0.0632. The molecule has 2 rings (SSSR count). The Bertz CT molecular complexity index is 723. The summed E-state index contributed by atoms with van der Waals surface area (Å²) in [6.07, 6.45) is 0. The van der Waals surface area contributed by atoms with E-state index in [1.54, 1.807) is 16.8 Å². The Hall–Kier alpha value is -1.35. The first-order valence-corrected chi connectivity index (χ1v) is 8.96. The maximum Gasteiger partial charge on any atom is 0.216 e. The van der Waals surface area contributed by atoms with E-state index in [4.69, 9.17) is 0 Å². The van der Waals surface area contributed by atoms with Crippen molar-refractivity contribution in [2.24, 2.45) is 0 Å². The van der Waals surface area contributed by atoms with Gasteiger partial charge in [0.1, 0.15) is 17.2 Å². The summed E-state index contributed by atoms with van der Waals surface area (Å²) in [5.74, 6) is -2.67. The van der Waals surface area contributed by atoms with Crippen molar-refractivity contribution in [3.63, 3.8) is 0 Å². The number of nitrogens with one attached hydrogen (secondary N) is 1. The monoisotopic (exact) mass is 347 g/mol. The van der Waals surface area contributed by atoms with Gasteiger partial charge in [-0.15, -0.1) is 0 Å². The highest BCUT2D eigenvalue weighted by Gasteiger charge is 2.27.